The first-order valence-electron chi connectivity index (χ1n) is 7.43. The van der Waals surface area contributed by atoms with E-state index in [4.69, 9.17) is 4.74 Å². The molecular formula is C14H25N5O. The molecule has 6 heteroatoms. The van der Waals surface area contributed by atoms with E-state index in [9.17, 15) is 0 Å². The summed E-state index contributed by atoms with van der Waals surface area (Å²) in [5.41, 5.74) is 0. The van der Waals surface area contributed by atoms with Gasteiger partial charge in [0, 0.05) is 13.6 Å². The molecule has 1 heterocycles. The van der Waals surface area contributed by atoms with E-state index >= 15 is 0 Å². The van der Waals surface area contributed by atoms with Gasteiger partial charge in [-0.05, 0) is 18.3 Å². The minimum Gasteiger partial charge on any atom is -0.467 e. The Hall–Kier alpha value is -1.59. The van der Waals surface area contributed by atoms with Gasteiger partial charge in [0.2, 0.25) is 11.9 Å². The molecule has 0 atom stereocenters. The van der Waals surface area contributed by atoms with Gasteiger partial charge < -0.3 is 15.4 Å². The van der Waals surface area contributed by atoms with Gasteiger partial charge in [-0.1, -0.05) is 32.6 Å². The van der Waals surface area contributed by atoms with Crippen LogP contribution >= 0.6 is 0 Å². The highest BCUT2D eigenvalue weighted by molar-refractivity contribution is 5.35. The highest BCUT2D eigenvalue weighted by Crippen LogP contribution is 2.30. The number of rotatable bonds is 6. The molecule has 0 saturated heterocycles. The molecule has 1 aromatic rings. The maximum absolute atomic E-state index is 5.06. The zero-order valence-corrected chi connectivity index (χ0v) is 12.6. The Morgan fingerprint density at radius 3 is 2.45 bits per heavy atom. The number of ether oxygens (including phenoxy) is 1. The molecule has 0 spiro atoms. The van der Waals surface area contributed by atoms with Crippen LogP contribution in [0.5, 0.6) is 6.01 Å². The van der Waals surface area contributed by atoms with Crippen LogP contribution in [0, 0.1) is 11.8 Å². The molecule has 1 saturated carbocycles. The van der Waals surface area contributed by atoms with Crippen LogP contribution in [0.15, 0.2) is 0 Å². The highest BCUT2D eigenvalue weighted by atomic mass is 16.5. The lowest BCUT2D eigenvalue weighted by molar-refractivity contribution is 0.281. The molecule has 0 amide bonds. The van der Waals surface area contributed by atoms with Crippen LogP contribution in [0.3, 0.4) is 0 Å². The molecule has 0 unspecified atom stereocenters. The van der Waals surface area contributed by atoms with Gasteiger partial charge in [-0.15, -0.1) is 0 Å². The Kier molecular flexibility index (Phi) is 5.38. The molecule has 20 heavy (non-hydrogen) atoms. The Bertz CT molecular complexity index is 396. The number of nitrogens with one attached hydrogen (secondary N) is 2. The standard InChI is InChI=1S/C14H25N5O/c1-10-4-6-11(7-5-10)8-9-16-13-17-12(15-2)18-14(19-13)20-3/h10-11H,4-9H2,1-3H3,(H2,15,16,17,18,19). The van der Waals surface area contributed by atoms with Crippen molar-refractivity contribution in [1.82, 2.24) is 15.0 Å². The molecule has 0 aromatic carbocycles. The molecule has 112 valence electrons. The van der Waals surface area contributed by atoms with E-state index in [2.05, 4.69) is 32.5 Å². The smallest absolute Gasteiger partial charge is 0.322 e. The second-order valence-electron chi connectivity index (χ2n) is 5.56. The SMILES string of the molecule is CNc1nc(NCCC2CCC(C)CC2)nc(OC)n1. The molecule has 1 aliphatic carbocycles. The quantitative estimate of drug-likeness (QED) is 0.834. The van der Waals surface area contributed by atoms with Crippen LogP contribution in [0.2, 0.25) is 0 Å². The van der Waals surface area contributed by atoms with Crippen molar-refractivity contribution in [1.29, 1.82) is 0 Å². The second kappa shape index (κ2) is 7.26. The normalized spacial score (nSPS) is 22.4. The van der Waals surface area contributed by atoms with Crippen molar-refractivity contribution >= 4 is 11.9 Å². The van der Waals surface area contributed by atoms with Gasteiger partial charge >= 0.3 is 6.01 Å². The van der Waals surface area contributed by atoms with Crippen LogP contribution in [0.1, 0.15) is 39.0 Å². The lowest BCUT2D eigenvalue weighted by Crippen LogP contribution is -2.17. The van der Waals surface area contributed by atoms with E-state index in [1.807, 2.05) is 0 Å². The fourth-order valence-electron chi connectivity index (χ4n) is 2.64. The lowest BCUT2D eigenvalue weighted by Gasteiger charge is -2.26. The van der Waals surface area contributed by atoms with E-state index in [0.717, 1.165) is 18.4 Å². The summed E-state index contributed by atoms with van der Waals surface area (Å²) >= 11 is 0. The van der Waals surface area contributed by atoms with Crippen LogP contribution in [-0.4, -0.2) is 35.7 Å². The summed E-state index contributed by atoms with van der Waals surface area (Å²) in [7, 11) is 3.34. The van der Waals surface area contributed by atoms with Crippen LogP contribution in [0.25, 0.3) is 0 Å². The summed E-state index contributed by atoms with van der Waals surface area (Å²) in [6.07, 6.45) is 6.62. The van der Waals surface area contributed by atoms with Gasteiger partial charge in [-0.2, -0.15) is 15.0 Å². The van der Waals surface area contributed by atoms with E-state index in [1.54, 1.807) is 14.2 Å². The first-order valence-corrected chi connectivity index (χ1v) is 7.43. The van der Waals surface area contributed by atoms with E-state index in [1.165, 1.54) is 32.1 Å². The minimum atomic E-state index is 0.332. The maximum atomic E-state index is 5.06. The molecule has 0 radical (unpaired) electrons. The second-order valence-corrected chi connectivity index (χ2v) is 5.56. The van der Waals surface area contributed by atoms with Gasteiger partial charge in [0.1, 0.15) is 0 Å². The van der Waals surface area contributed by atoms with Gasteiger partial charge in [0.05, 0.1) is 7.11 Å². The molecule has 1 fully saturated rings. The maximum Gasteiger partial charge on any atom is 0.322 e. The van der Waals surface area contributed by atoms with Crippen LogP contribution in [-0.2, 0) is 0 Å². The van der Waals surface area contributed by atoms with Crippen molar-refractivity contribution in [2.24, 2.45) is 11.8 Å². The minimum absolute atomic E-state index is 0.332. The first-order chi connectivity index (χ1) is 9.71. The molecule has 1 aromatic heterocycles. The summed E-state index contributed by atoms with van der Waals surface area (Å²) in [5, 5.41) is 6.17. The fourth-order valence-corrected chi connectivity index (χ4v) is 2.64. The molecule has 0 bridgehead atoms. The molecule has 0 aliphatic heterocycles. The molecule has 6 nitrogen and oxygen atoms in total. The van der Waals surface area contributed by atoms with Crippen molar-refractivity contribution in [3.63, 3.8) is 0 Å². The summed E-state index contributed by atoms with van der Waals surface area (Å²) < 4.78 is 5.06. The van der Waals surface area contributed by atoms with Crippen molar-refractivity contribution < 1.29 is 4.74 Å². The number of nitrogens with zero attached hydrogens (tertiary/aromatic N) is 3. The molecule has 2 rings (SSSR count). The van der Waals surface area contributed by atoms with Crippen molar-refractivity contribution in [2.75, 3.05) is 31.3 Å². The topological polar surface area (TPSA) is 72.0 Å². The lowest BCUT2D eigenvalue weighted by atomic mass is 9.81. The first kappa shape index (κ1) is 14.8. The predicted molar refractivity (Wildman–Crippen MR) is 80.2 cm³/mol. The number of hydrogen-bond acceptors (Lipinski definition) is 6. The third-order valence-electron chi connectivity index (χ3n) is 3.99. The Morgan fingerprint density at radius 2 is 1.80 bits per heavy atom. The van der Waals surface area contributed by atoms with Gasteiger partial charge in [0.25, 0.3) is 0 Å². The predicted octanol–water partition coefficient (Wildman–Crippen LogP) is 2.55. The van der Waals surface area contributed by atoms with E-state index in [-0.39, 0.29) is 0 Å². The average Bonchev–Trinajstić information content (AvgIpc) is 2.49. The number of aromatic nitrogens is 3. The monoisotopic (exact) mass is 279 g/mol. The Labute approximate surface area is 120 Å². The molecule has 1 aliphatic rings. The number of hydrogen-bond donors (Lipinski definition) is 2. The molecular weight excluding hydrogens is 254 g/mol. The fraction of sp³-hybridized carbons (Fsp3) is 0.786. The van der Waals surface area contributed by atoms with E-state index < -0.39 is 0 Å². The van der Waals surface area contributed by atoms with Crippen LogP contribution < -0.4 is 15.4 Å². The Balaban J connectivity index is 1.81. The van der Waals surface area contributed by atoms with Crippen molar-refractivity contribution in [3.05, 3.63) is 0 Å². The zero-order chi connectivity index (χ0) is 14.4. The van der Waals surface area contributed by atoms with Gasteiger partial charge in [-0.25, -0.2) is 0 Å². The van der Waals surface area contributed by atoms with Gasteiger partial charge in [-0.3, -0.25) is 0 Å². The zero-order valence-electron chi connectivity index (χ0n) is 12.6. The summed E-state index contributed by atoms with van der Waals surface area (Å²) in [5.74, 6) is 2.84. The van der Waals surface area contributed by atoms with Crippen LogP contribution in [0.4, 0.5) is 11.9 Å². The number of anilines is 2. The third kappa shape index (κ3) is 4.21. The van der Waals surface area contributed by atoms with Gasteiger partial charge in [0.15, 0.2) is 0 Å². The summed E-state index contributed by atoms with van der Waals surface area (Å²) in [4.78, 5) is 12.6. The molecule has 2 N–H and O–H groups in total. The summed E-state index contributed by atoms with van der Waals surface area (Å²) in [6.45, 7) is 3.25. The van der Waals surface area contributed by atoms with Crippen molar-refractivity contribution in [2.45, 2.75) is 39.0 Å². The highest BCUT2D eigenvalue weighted by Gasteiger charge is 2.17. The largest absolute Gasteiger partial charge is 0.467 e. The van der Waals surface area contributed by atoms with Crippen molar-refractivity contribution in [3.8, 4) is 6.01 Å². The summed E-state index contributed by atoms with van der Waals surface area (Å²) in [6, 6.07) is 0.332. The van der Waals surface area contributed by atoms with E-state index in [0.29, 0.717) is 17.9 Å². The number of methoxy groups -OCH3 is 1. The third-order valence-corrected chi connectivity index (χ3v) is 3.99. The average molecular weight is 279 g/mol. The Morgan fingerprint density at radius 1 is 1.10 bits per heavy atom.